The van der Waals surface area contributed by atoms with Gasteiger partial charge in [0.15, 0.2) is 0 Å². The SMILES string of the molecule is NC(=O)CN1CCN(CC(O)COCc2ccc(C(F)(F)F)cc2)CC1. The molecule has 1 fully saturated rings. The number of carbonyl (C=O) groups excluding carboxylic acids is 1. The van der Waals surface area contributed by atoms with Crippen LogP contribution in [0.25, 0.3) is 0 Å². The van der Waals surface area contributed by atoms with E-state index in [1.807, 2.05) is 4.90 Å². The summed E-state index contributed by atoms with van der Waals surface area (Å²) in [4.78, 5) is 14.9. The fourth-order valence-corrected chi connectivity index (χ4v) is 2.80. The maximum atomic E-state index is 12.5. The minimum Gasteiger partial charge on any atom is -0.389 e. The number of aliphatic hydroxyl groups excluding tert-OH is 1. The fraction of sp³-hybridized carbons (Fsp3) is 0.588. The van der Waals surface area contributed by atoms with Gasteiger partial charge in [0.1, 0.15) is 0 Å². The fourth-order valence-electron chi connectivity index (χ4n) is 2.80. The second-order valence-corrected chi connectivity index (χ2v) is 6.41. The summed E-state index contributed by atoms with van der Waals surface area (Å²) in [7, 11) is 0. The van der Waals surface area contributed by atoms with Crippen molar-refractivity contribution in [2.75, 3.05) is 45.9 Å². The lowest BCUT2D eigenvalue weighted by atomic mass is 10.1. The molecular formula is C17H24F3N3O3. The van der Waals surface area contributed by atoms with Gasteiger partial charge in [0.05, 0.1) is 31.4 Å². The van der Waals surface area contributed by atoms with Crippen LogP contribution >= 0.6 is 0 Å². The first-order valence-corrected chi connectivity index (χ1v) is 8.39. The molecule has 1 aliphatic rings. The third kappa shape index (κ3) is 6.91. The van der Waals surface area contributed by atoms with Crippen molar-refractivity contribution < 1.29 is 27.8 Å². The first-order chi connectivity index (χ1) is 12.2. The summed E-state index contributed by atoms with van der Waals surface area (Å²) in [5.41, 5.74) is 5.08. The molecule has 0 spiro atoms. The normalized spacial score (nSPS) is 18.0. The molecule has 26 heavy (non-hydrogen) atoms. The average Bonchev–Trinajstić information content (AvgIpc) is 2.56. The Balaban J connectivity index is 1.65. The molecule has 0 aromatic heterocycles. The smallest absolute Gasteiger partial charge is 0.389 e. The Hall–Kier alpha value is -1.68. The Kier molecular flexibility index (Phi) is 7.39. The van der Waals surface area contributed by atoms with Crippen molar-refractivity contribution >= 4 is 5.91 Å². The summed E-state index contributed by atoms with van der Waals surface area (Å²) in [5.74, 6) is -0.352. The summed E-state index contributed by atoms with van der Waals surface area (Å²) in [5, 5.41) is 10.0. The zero-order valence-corrected chi connectivity index (χ0v) is 14.4. The standard InChI is InChI=1S/C17H24F3N3O3/c18-17(19,20)14-3-1-13(2-4-14)11-26-12-15(24)9-22-5-7-23(8-6-22)10-16(21)25/h1-4,15,24H,5-12H2,(H2,21,25). The zero-order chi connectivity index (χ0) is 19.2. The lowest BCUT2D eigenvalue weighted by Crippen LogP contribution is -2.50. The predicted molar refractivity (Wildman–Crippen MR) is 89.2 cm³/mol. The molecule has 1 heterocycles. The van der Waals surface area contributed by atoms with Gasteiger partial charge in [-0.15, -0.1) is 0 Å². The van der Waals surface area contributed by atoms with Gasteiger partial charge in [0.2, 0.25) is 5.91 Å². The second kappa shape index (κ2) is 9.31. The van der Waals surface area contributed by atoms with Gasteiger partial charge < -0.3 is 15.6 Å². The van der Waals surface area contributed by atoms with Crippen LogP contribution in [0.4, 0.5) is 13.2 Å². The molecule has 9 heteroatoms. The molecule has 0 bridgehead atoms. The summed E-state index contributed by atoms with van der Waals surface area (Å²) < 4.78 is 42.9. The maximum absolute atomic E-state index is 12.5. The number of aliphatic hydroxyl groups is 1. The molecule has 1 saturated heterocycles. The number of piperazine rings is 1. The van der Waals surface area contributed by atoms with Crippen LogP contribution in [0.15, 0.2) is 24.3 Å². The van der Waals surface area contributed by atoms with Crippen molar-refractivity contribution in [1.82, 2.24) is 9.80 Å². The number of β-amino-alcohol motifs (C(OH)–C–C–N with tert-alkyl or cyclic N) is 1. The van der Waals surface area contributed by atoms with E-state index >= 15 is 0 Å². The maximum Gasteiger partial charge on any atom is 0.416 e. The van der Waals surface area contributed by atoms with Crippen LogP contribution in [-0.2, 0) is 22.3 Å². The molecule has 146 valence electrons. The highest BCUT2D eigenvalue weighted by Gasteiger charge is 2.29. The zero-order valence-electron chi connectivity index (χ0n) is 14.4. The first-order valence-electron chi connectivity index (χ1n) is 8.39. The third-order valence-corrected chi connectivity index (χ3v) is 4.17. The molecule has 3 N–H and O–H groups in total. The number of nitrogens with two attached hydrogens (primary N) is 1. The van der Waals surface area contributed by atoms with Crippen LogP contribution in [-0.4, -0.2) is 72.8 Å². The van der Waals surface area contributed by atoms with Crippen molar-refractivity contribution in [2.24, 2.45) is 5.73 Å². The van der Waals surface area contributed by atoms with Crippen LogP contribution in [0.1, 0.15) is 11.1 Å². The van der Waals surface area contributed by atoms with Gasteiger partial charge in [-0.1, -0.05) is 12.1 Å². The van der Waals surface area contributed by atoms with E-state index in [1.165, 1.54) is 12.1 Å². The Morgan fingerprint density at radius 1 is 1.15 bits per heavy atom. The van der Waals surface area contributed by atoms with Crippen molar-refractivity contribution in [3.63, 3.8) is 0 Å². The van der Waals surface area contributed by atoms with Crippen molar-refractivity contribution in [3.8, 4) is 0 Å². The number of nitrogens with zero attached hydrogens (tertiary/aromatic N) is 2. The largest absolute Gasteiger partial charge is 0.416 e. The Morgan fingerprint density at radius 3 is 2.27 bits per heavy atom. The Labute approximate surface area is 150 Å². The molecule has 0 saturated carbocycles. The minimum atomic E-state index is -4.35. The molecule has 2 rings (SSSR count). The number of benzene rings is 1. The highest BCUT2D eigenvalue weighted by atomic mass is 19.4. The van der Waals surface area contributed by atoms with Crippen molar-refractivity contribution in [2.45, 2.75) is 18.9 Å². The number of primary amides is 1. The van der Waals surface area contributed by atoms with Crippen LogP contribution in [0, 0.1) is 0 Å². The Bertz CT molecular complexity index is 573. The van der Waals surface area contributed by atoms with E-state index in [9.17, 15) is 23.1 Å². The highest BCUT2D eigenvalue weighted by molar-refractivity contribution is 5.75. The molecule has 0 radical (unpaired) electrons. The molecule has 1 atom stereocenters. The number of carbonyl (C=O) groups is 1. The molecule has 1 aromatic rings. The molecule has 1 amide bonds. The van der Waals surface area contributed by atoms with E-state index in [1.54, 1.807) is 0 Å². The van der Waals surface area contributed by atoms with Crippen molar-refractivity contribution in [1.29, 1.82) is 0 Å². The average molecular weight is 375 g/mol. The molecule has 1 unspecified atom stereocenters. The molecule has 1 aliphatic heterocycles. The quantitative estimate of drug-likeness (QED) is 0.699. The van der Waals surface area contributed by atoms with E-state index in [2.05, 4.69) is 4.90 Å². The number of hydrogen-bond donors (Lipinski definition) is 2. The van der Waals surface area contributed by atoms with Gasteiger partial charge in [-0.2, -0.15) is 13.2 Å². The summed E-state index contributed by atoms with van der Waals surface area (Å²) in [6, 6.07) is 4.77. The van der Waals surface area contributed by atoms with E-state index in [4.69, 9.17) is 10.5 Å². The van der Waals surface area contributed by atoms with Gasteiger partial charge in [-0.3, -0.25) is 14.6 Å². The third-order valence-electron chi connectivity index (χ3n) is 4.17. The summed E-state index contributed by atoms with van der Waals surface area (Å²) >= 11 is 0. The monoisotopic (exact) mass is 375 g/mol. The molecule has 0 aliphatic carbocycles. The molecule has 6 nitrogen and oxygen atoms in total. The topological polar surface area (TPSA) is 79.0 Å². The van der Waals surface area contributed by atoms with Gasteiger partial charge in [-0.05, 0) is 17.7 Å². The van der Waals surface area contributed by atoms with Crippen LogP contribution in [0.5, 0.6) is 0 Å². The minimum absolute atomic E-state index is 0.0997. The summed E-state index contributed by atoms with van der Waals surface area (Å²) in [6.45, 7) is 3.80. The molecular weight excluding hydrogens is 351 g/mol. The Morgan fingerprint density at radius 2 is 1.73 bits per heavy atom. The number of halogens is 3. The molecule has 1 aromatic carbocycles. The van der Waals surface area contributed by atoms with Gasteiger partial charge in [0, 0.05) is 32.7 Å². The summed E-state index contributed by atoms with van der Waals surface area (Å²) in [6.07, 6.45) is -5.04. The van der Waals surface area contributed by atoms with E-state index in [0.717, 1.165) is 25.2 Å². The number of amides is 1. The van der Waals surface area contributed by atoms with Crippen LogP contribution in [0.3, 0.4) is 0 Å². The first kappa shape index (κ1) is 20.6. The van der Waals surface area contributed by atoms with Crippen molar-refractivity contribution in [3.05, 3.63) is 35.4 Å². The number of ether oxygens (including phenoxy) is 1. The van der Waals surface area contributed by atoms with Gasteiger partial charge in [0.25, 0.3) is 0 Å². The lowest BCUT2D eigenvalue weighted by molar-refractivity contribution is -0.137. The lowest BCUT2D eigenvalue weighted by Gasteiger charge is -2.34. The van der Waals surface area contributed by atoms with Crippen LogP contribution < -0.4 is 5.73 Å². The highest BCUT2D eigenvalue weighted by Crippen LogP contribution is 2.29. The van der Waals surface area contributed by atoms with Crippen LogP contribution in [0.2, 0.25) is 0 Å². The van der Waals surface area contributed by atoms with Gasteiger partial charge >= 0.3 is 6.18 Å². The number of rotatable bonds is 8. The van der Waals surface area contributed by atoms with E-state index in [-0.39, 0.29) is 25.7 Å². The second-order valence-electron chi connectivity index (χ2n) is 6.41. The van der Waals surface area contributed by atoms with Gasteiger partial charge in [-0.25, -0.2) is 0 Å². The van der Waals surface area contributed by atoms with E-state index < -0.39 is 17.8 Å². The number of hydrogen-bond acceptors (Lipinski definition) is 5. The number of alkyl halides is 3. The predicted octanol–water partition coefficient (Wildman–Crippen LogP) is 0.686. The van der Waals surface area contributed by atoms with E-state index in [0.29, 0.717) is 25.2 Å².